The molecule has 0 bridgehead atoms. The molecule has 3 amide bonds. The number of methoxy groups -OCH3 is 3. The van der Waals surface area contributed by atoms with Gasteiger partial charge in [-0.25, -0.2) is 9.69 Å². The molecule has 2 aromatic rings. The van der Waals surface area contributed by atoms with Crippen LogP contribution in [0.2, 0.25) is 0 Å². The summed E-state index contributed by atoms with van der Waals surface area (Å²) in [6, 6.07) is 10.6. The molecule has 1 atom stereocenters. The van der Waals surface area contributed by atoms with Crippen molar-refractivity contribution in [1.29, 1.82) is 0 Å². The number of carbonyl (C=O) groups is 2. The maximum Gasteiger partial charge on any atom is 0.326 e. The Morgan fingerprint density at radius 2 is 1.71 bits per heavy atom. The molecule has 1 fully saturated rings. The summed E-state index contributed by atoms with van der Waals surface area (Å²) in [5.41, 5.74) is 1.57. The number of carbonyl (C=O) groups excluding carboxylic acids is 2. The van der Waals surface area contributed by atoms with Gasteiger partial charge in [-0.05, 0) is 61.9 Å². The van der Waals surface area contributed by atoms with Crippen molar-refractivity contribution in [3.8, 4) is 17.2 Å². The van der Waals surface area contributed by atoms with Crippen molar-refractivity contribution in [1.82, 2.24) is 15.1 Å². The highest BCUT2D eigenvalue weighted by molar-refractivity contribution is 6.07. The van der Waals surface area contributed by atoms with Gasteiger partial charge in [0.05, 0.1) is 28.0 Å². The third-order valence-electron chi connectivity index (χ3n) is 5.59. The van der Waals surface area contributed by atoms with E-state index >= 15 is 0 Å². The lowest BCUT2D eigenvalue weighted by molar-refractivity contribution is -0.132. The first kappa shape index (κ1) is 22.4. The maximum atomic E-state index is 13.2. The van der Waals surface area contributed by atoms with Crippen LogP contribution < -0.4 is 19.5 Å². The minimum Gasteiger partial charge on any atom is -0.497 e. The SMILES string of the molecule is COc1cccc([C@@]2(C)NC(=O)N(CN(C)Cc3cc(OC)c(OC)cc3C)C2=O)c1. The number of rotatable bonds is 8. The Balaban J connectivity index is 1.77. The van der Waals surface area contributed by atoms with E-state index in [4.69, 9.17) is 14.2 Å². The average molecular weight is 428 g/mol. The summed E-state index contributed by atoms with van der Waals surface area (Å²) in [6.07, 6.45) is 0. The fourth-order valence-corrected chi connectivity index (χ4v) is 3.73. The quantitative estimate of drug-likeness (QED) is 0.653. The first-order valence-corrected chi connectivity index (χ1v) is 9.92. The topological polar surface area (TPSA) is 80.3 Å². The van der Waals surface area contributed by atoms with E-state index in [1.54, 1.807) is 52.5 Å². The molecule has 2 aromatic carbocycles. The second kappa shape index (κ2) is 8.85. The first-order valence-electron chi connectivity index (χ1n) is 9.92. The predicted octanol–water partition coefficient (Wildman–Crippen LogP) is 2.88. The van der Waals surface area contributed by atoms with E-state index in [1.165, 1.54) is 4.90 Å². The monoisotopic (exact) mass is 427 g/mol. The molecular formula is C23H29N3O5. The number of nitrogens with zero attached hydrogens (tertiary/aromatic N) is 2. The Morgan fingerprint density at radius 1 is 1.03 bits per heavy atom. The van der Waals surface area contributed by atoms with Crippen LogP contribution in [0.15, 0.2) is 36.4 Å². The molecule has 0 unspecified atom stereocenters. The van der Waals surface area contributed by atoms with Crippen LogP contribution in [0.4, 0.5) is 4.79 Å². The normalized spacial score (nSPS) is 18.4. The van der Waals surface area contributed by atoms with Gasteiger partial charge in [-0.1, -0.05) is 12.1 Å². The van der Waals surface area contributed by atoms with E-state index < -0.39 is 11.6 Å². The molecular weight excluding hydrogens is 398 g/mol. The minimum absolute atomic E-state index is 0.151. The highest BCUT2D eigenvalue weighted by Crippen LogP contribution is 2.32. The van der Waals surface area contributed by atoms with Crippen LogP contribution in [0.25, 0.3) is 0 Å². The zero-order chi connectivity index (χ0) is 22.8. The van der Waals surface area contributed by atoms with Gasteiger partial charge in [0.25, 0.3) is 5.91 Å². The number of ether oxygens (including phenoxy) is 3. The second-order valence-electron chi connectivity index (χ2n) is 7.81. The van der Waals surface area contributed by atoms with Crippen molar-refractivity contribution < 1.29 is 23.8 Å². The highest BCUT2D eigenvalue weighted by Gasteiger charge is 2.49. The van der Waals surface area contributed by atoms with Crippen molar-refractivity contribution in [3.63, 3.8) is 0 Å². The minimum atomic E-state index is -1.15. The van der Waals surface area contributed by atoms with Gasteiger partial charge in [-0.3, -0.25) is 9.69 Å². The van der Waals surface area contributed by atoms with Gasteiger partial charge in [-0.2, -0.15) is 0 Å². The zero-order valence-electron chi connectivity index (χ0n) is 18.8. The molecule has 1 aliphatic rings. The van der Waals surface area contributed by atoms with Crippen LogP contribution in [-0.2, 0) is 16.9 Å². The number of benzene rings is 2. The molecule has 0 radical (unpaired) electrons. The van der Waals surface area contributed by atoms with Crippen molar-refractivity contribution >= 4 is 11.9 Å². The Kier molecular flexibility index (Phi) is 6.40. The highest BCUT2D eigenvalue weighted by atomic mass is 16.5. The van der Waals surface area contributed by atoms with Crippen LogP contribution in [-0.4, -0.2) is 56.8 Å². The van der Waals surface area contributed by atoms with E-state index in [0.717, 1.165) is 11.1 Å². The molecule has 8 nitrogen and oxygen atoms in total. The summed E-state index contributed by atoms with van der Waals surface area (Å²) in [5, 5.41) is 2.83. The van der Waals surface area contributed by atoms with Gasteiger partial charge >= 0.3 is 6.03 Å². The number of urea groups is 1. The largest absolute Gasteiger partial charge is 0.497 e. The smallest absolute Gasteiger partial charge is 0.326 e. The Bertz CT molecular complexity index is 993. The van der Waals surface area contributed by atoms with Crippen molar-refractivity contribution in [2.75, 3.05) is 35.0 Å². The molecule has 0 aromatic heterocycles. The van der Waals surface area contributed by atoms with Crippen molar-refractivity contribution in [3.05, 3.63) is 53.1 Å². The number of nitrogens with one attached hydrogen (secondary N) is 1. The standard InChI is InChI=1S/C23H29N3O5/c1-15-10-19(30-5)20(31-6)11-16(15)13-25(3)14-26-21(27)23(2,24-22(26)28)17-8-7-9-18(12-17)29-4/h7-12H,13-14H2,1-6H3,(H,24,28)/t23-/m1/s1. The van der Waals surface area contributed by atoms with Crippen LogP contribution in [0.3, 0.4) is 0 Å². The lowest BCUT2D eigenvalue weighted by Gasteiger charge is -2.25. The van der Waals surface area contributed by atoms with Gasteiger partial charge < -0.3 is 19.5 Å². The van der Waals surface area contributed by atoms with Gasteiger partial charge in [0, 0.05) is 6.54 Å². The molecule has 1 heterocycles. The van der Waals surface area contributed by atoms with Crippen molar-refractivity contribution in [2.24, 2.45) is 0 Å². The number of imide groups is 1. The third-order valence-corrected chi connectivity index (χ3v) is 5.59. The summed E-state index contributed by atoms with van der Waals surface area (Å²) >= 11 is 0. The molecule has 1 N–H and O–H groups in total. The van der Waals surface area contributed by atoms with Gasteiger partial charge in [0.1, 0.15) is 11.3 Å². The summed E-state index contributed by atoms with van der Waals surface area (Å²) in [5.74, 6) is 1.62. The molecule has 1 aliphatic heterocycles. The number of aryl methyl sites for hydroxylation is 1. The van der Waals surface area contributed by atoms with E-state index in [0.29, 0.717) is 29.4 Å². The van der Waals surface area contributed by atoms with Crippen LogP contribution in [0.1, 0.15) is 23.6 Å². The summed E-state index contributed by atoms with van der Waals surface area (Å²) in [7, 11) is 6.61. The average Bonchev–Trinajstić information content (AvgIpc) is 2.98. The molecule has 8 heteroatoms. The van der Waals surface area contributed by atoms with E-state index in [9.17, 15) is 9.59 Å². The molecule has 0 spiro atoms. The van der Waals surface area contributed by atoms with Gasteiger partial charge in [0.2, 0.25) is 0 Å². The molecule has 1 saturated heterocycles. The Hall–Kier alpha value is -3.26. The maximum absolute atomic E-state index is 13.2. The van der Waals surface area contributed by atoms with Crippen molar-refractivity contribution in [2.45, 2.75) is 25.9 Å². The molecule has 0 saturated carbocycles. The zero-order valence-corrected chi connectivity index (χ0v) is 18.8. The fourth-order valence-electron chi connectivity index (χ4n) is 3.73. The number of hydrogen-bond acceptors (Lipinski definition) is 6. The lowest BCUT2D eigenvalue weighted by Crippen LogP contribution is -2.42. The summed E-state index contributed by atoms with van der Waals surface area (Å²) in [4.78, 5) is 29.0. The van der Waals surface area contributed by atoms with Gasteiger partial charge in [0.15, 0.2) is 11.5 Å². The molecule has 0 aliphatic carbocycles. The summed E-state index contributed by atoms with van der Waals surface area (Å²) in [6.45, 7) is 4.37. The Morgan fingerprint density at radius 3 is 2.35 bits per heavy atom. The van der Waals surface area contributed by atoms with Crippen LogP contribution >= 0.6 is 0 Å². The molecule has 166 valence electrons. The predicted molar refractivity (Wildman–Crippen MR) is 116 cm³/mol. The van der Waals surface area contributed by atoms with Crippen LogP contribution in [0, 0.1) is 6.92 Å². The van der Waals surface area contributed by atoms with E-state index in [-0.39, 0.29) is 12.6 Å². The van der Waals surface area contributed by atoms with E-state index in [1.807, 2.05) is 31.0 Å². The Labute approximate surface area is 182 Å². The summed E-state index contributed by atoms with van der Waals surface area (Å²) < 4.78 is 16.0. The number of hydrogen-bond donors (Lipinski definition) is 1. The van der Waals surface area contributed by atoms with Crippen LogP contribution in [0.5, 0.6) is 17.2 Å². The second-order valence-corrected chi connectivity index (χ2v) is 7.81. The van der Waals surface area contributed by atoms with E-state index in [2.05, 4.69) is 5.32 Å². The first-order chi connectivity index (χ1) is 14.7. The molecule has 3 rings (SSSR count). The lowest BCUT2D eigenvalue weighted by atomic mass is 9.92. The number of amides is 3. The molecule has 31 heavy (non-hydrogen) atoms. The van der Waals surface area contributed by atoms with Gasteiger partial charge in [-0.15, -0.1) is 0 Å². The third kappa shape index (κ3) is 4.29. The fraction of sp³-hybridized carbons (Fsp3) is 0.391.